The maximum atomic E-state index is 12.6. The fourth-order valence-electron chi connectivity index (χ4n) is 4.54. The lowest BCUT2D eigenvalue weighted by Gasteiger charge is -2.46. The van der Waals surface area contributed by atoms with Crippen LogP contribution >= 0.6 is 0 Å². The number of Topliss-reactive ketones (excluding diaryl/α,β-unsaturated/α-hetero) is 1. The molecule has 0 bridgehead atoms. The maximum Gasteiger partial charge on any atom is 0.432 e. The van der Waals surface area contributed by atoms with Crippen LogP contribution in [0.25, 0.3) is 0 Å². The molecule has 0 spiro atoms. The quantitative estimate of drug-likeness (QED) is 0.855. The van der Waals surface area contributed by atoms with Crippen molar-refractivity contribution in [3.63, 3.8) is 0 Å². The zero-order chi connectivity index (χ0) is 18.5. The number of aromatic nitrogens is 2. The molecule has 26 heavy (non-hydrogen) atoms. The summed E-state index contributed by atoms with van der Waals surface area (Å²) in [5.74, 6) is -0.553. The van der Waals surface area contributed by atoms with Gasteiger partial charge in [-0.2, -0.15) is 15.0 Å². The van der Waals surface area contributed by atoms with Crippen LogP contribution in [0.15, 0.2) is 48.2 Å². The van der Waals surface area contributed by atoms with E-state index in [1.165, 1.54) is 0 Å². The van der Waals surface area contributed by atoms with Gasteiger partial charge in [0.1, 0.15) is 6.07 Å². The molecule has 6 heteroatoms. The van der Waals surface area contributed by atoms with Crippen molar-refractivity contribution in [1.82, 2.24) is 9.78 Å². The number of rotatable bonds is 1. The first kappa shape index (κ1) is 16.3. The first-order valence-electron chi connectivity index (χ1n) is 8.54. The van der Waals surface area contributed by atoms with Crippen molar-refractivity contribution < 1.29 is 14.7 Å². The zero-order valence-electron chi connectivity index (χ0n) is 14.2. The molecule has 2 aliphatic rings. The van der Waals surface area contributed by atoms with Crippen LogP contribution in [0.4, 0.5) is 4.79 Å². The lowest BCUT2D eigenvalue weighted by Crippen LogP contribution is -2.48. The molecular weight excluding hydrogens is 330 g/mol. The summed E-state index contributed by atoms with van der Waals surface area (Å²) < 4.78 is 0.929. The summed E-state index contributed by atoms with van der Waals surface area (Å²) in [5, 5.41) is 23.2. The topological polar surface area (TPSA) is 96.0 Å². The molecule has 130 valence electrons. The van der Waals surface area contributed by atoms with Crippen molar-refractivity contribution in [2.45, 2.75) is 25.2 Å². The summed E-state index contributed by atoms with van der Waals surface area (Å²) in [7, 11) is 0. The number of fused-ring (bicyclic) bond motifs is 3. The van der Waals surface area contributed by atoms with E-state index in [1.54, 1.807) is 12.3 Å². The van der Waals surface area contributed by atoms with E-state index in [0.29, 0.717) is 12.1 Å². The molecule has 0 radical (unpaired) electrons. The largest absolute Gasteiger partial charge is 0.463 e. The summed E-state index contributed by atoms with van der Waals surface area (Å²) in [4.78, 5) is 24.0. The Labute approximate surface area is 150 Å². The molecule has 1 aromatic heterocycles. The Morgan fingerprint density at radius 1 is 1.38 bits per heavy atom. The molecule has 6 nitrogen and oxygen atoms in total. The monoisotopic (exact) mass is 347 g/mol. The minimum Gasteiger partial charge on any atom is -0.463 e. The van der Waals surface area contributed by atoms with Gasteiger partial charge in [-0.25, -0.2) is 4.79 Å². The Morgan fingerprint density at radius 2 is 2.12 bits per heavy atom. The van der Waals surface area contributed by atoms with Gasteiger partial charge in [-0.15, -0.1) is 0 Å². The van der Waals surface area contributed by atoms with Crippen molar-refractivity contribution >= 4 is 11.9 Å². The van der Waals surface area contributed by atoms with Crippen LogP contribution in [0.5, 0.6) is 0 Å². The highest BCUT2D eigenvalue weighted by Crippen LogP contribution is 2.53. The highest BCUT2D eigenvalue weighted by molar-refractivity contribution is 6.02. The summed E-state index contributed by atoms with van der Waals surface area (Å²) in [6, 6.07) is 11.7. The van der Waals surface area contributed by atoms with E-state index in [0.717, 1.165) is 22.2 Å². The van der Waals surface area contributed by atoms with Gasteiger partial charge in [-0.3, -0.25) is 4.79 Å². The smallest absolute Gasteiger partial charge is 0.432 e. The number of hydrogen-bond acceptors (Lipinski definition) is 4. The molecule has 3 atom stereocenters. The summed E-state index contributed by atoms with van der Waals surface area (Å²) in [5.41, 5.74) is 1.76. The van der Waals surface area contributed by atoms with Crippen LogP contribution in [0, 0.1) is 23.2 Å². The van der Waals surface area contributed by atoms with Crippen LogP contribution in [0.2, 0.25) is 0 Å². The number of carbonyl (C=O) groups is 2. The van der Waals surface area contributed by atoms with E-state index in [1.807, 2.05) is 43.3 Å². The van der Waals surface area contributed by atoms with E-state index < -0.39 is 11.5 Å². The van der Waals surface area contributed by atoms with Crippen LogP contribution < -0.4 is 0 Å². The number of nitriles is 1. The van der Waals surface area contributed by atoms with Gasteiger partial charge in [0.15, 0.2) is 5.78 Å². The van der Waals surface area contributed by atoms with E-state index in [-0.39, 0.29) is 23.2 Å². The Bertz CT molecular complexity index is 983. The SMILES string of the molecule is C[C@H]1C(=O)C(C#N)=C[C@]2(c3ccccc3)c3nn(C(=O)O)cc3CC[C@H]12. The average Bonchev–Trinajstić information content (AvgIpc) is 3.10. The molecule has 0 amide bonds. The maximum absolute atomic E-state index is 12.6. The number of hydrogen-bond donors (Lipinski definition) is 1. The van der Waals surface area contributed by atoms with Crippen molar-refractivity contribution in [3.05, 3.63) is 65.0 Å². The minimum atomic E-state index is -1.15. The van der Waals surface area contributed by atoms with E-state index in [4.69, 9.17) is 0 Å². The Hall–Kier alpha value is -3.20. The van der Waals surface area contributed by atoms with Crippen LogP contribution in [0.3, 0.4) is 0 Å². The third-order valence-corrected chi connectivity index (χ3v) is 5.71. The molecule has 2 aliphatic carbocycles. The number of nitrogens with zero attached hydrogens (tertiary/aromatic N) is 3. The third-order valence-electron chi connectivity index (χ3n) is 5.71. The number of aryl methyl sites for hydroxylation is 1. The van der Waals surface area contributed by atoms with Gasteiger partial charge in [0.25, 0.3) is 0 Å². The molecular formula is C20H17N3O3. The molecule has 0 saturated heterocycles. The minimum absolute atomic E-state index is 0.0702. The van der Waals surface area contributed by atoms with Gasteiger partial charge in [-0.1, -0.05) is 37.3 Å². The van der Waals surface area contributed by atoms with Crippen LogP contribution in [-0.2, 0) is 16.6 Å². The third kappa shape index (κ3) is 2.07. The van der Waals surface area contributed by atoms with Gasteiger partial charge >= 0.3 is 6.09 Å². The number of ketones is 1. The highest BCUT2D eigenvalue weighted by atomic mass is 16.4. The van der Waals surface area contributed by atoms with Gasteiger partial charge in [0.05, 0.1) is 16.7 Å². The lowest BCUT2D eigenvalue weighted by molar-refractivity contribution is -0.121. The normalized spacial score (nSPS) is 27.1. The molecule has 4 rings (SSSR count). The average molecular weight is 347 g/mol. The van der Waals surface area contributed by atoms with Crippen molar-refractivity contribution in [2.75, 3.05) is 0 Å². The molecule has 1 heterocycles. The fraction of sp³-hybridized carbons (Fsp3) is 0.300. The number of carboxylic acid groups (broad SMARTS) is 1. The second-order valence-electron chi connectivity index (χ2n) is 6.93. The van der Waals surface area contributed by atoms with Gasteiger partial charge in [0.2, 0.25) is 0 Å². The second kappa shape index (κ2) is 5.67. The molecule has 1 N–H and O–H groups in total. The summed E-state index contributed by atoms with van der Waals surface area (Å²) >= 11 is 0. The molecule has 0 fully saturated rings. The molecule has 0 aliphatic heterocycles. The van der Waals surface area contributed by atoms with Crippen molar-refractivity contribution in [3.8, 4) is 6.07 Å². The standard InChI is InChI=1S/C20H17N3O3/c1-12-16-8-7-13-11-23(19(25)26)22-18(13)20(16,9-14(10-21)17(12)24)15-5-3-2-4-6-15/h2-6,9,11-12,16H,7-8H2,1H3,(H,25,26)/t12-,16-,20-/m1/s1. The van der Waals surface area contributed by atoms with Gasteiger partial charge in [-0.05, 0) is 36.0 Å². The molecule has 0 unspecified atom stereocenters. The molecule has 0 saturated carbocycles. The first-order valence-corrected chi connectivity index (χ1v) is 8.54. The summed E-state index contributed by atoms with van der Waals surface area (Å²) in [6.45, 7) is 1.86. The highest BCUT2D eigenvalue weighted by Gasteiger charge is 2.53. The number of benzene rings is 1. The molecule has 2 aromatic rings. The van der Waals surface area contributed by atoms with Crippen molar-refractivity contribution in [1.29, 1.82) is 5.26 Å². The number of allylic oxidation sites excluding steroid dienone is 2. The van der Waals surface area contributed by atoms with Crippen molar-refractivity contribution in [2.24, 2.45) is 11.8 Å². The van der Waals surface area contributed by atoms with Crippen LogP contribution in [0.1, 0.15) is 30.2 Å². The fourth-order valence-corrected chi connectivity index (χ4v) is 4.54. The van der Waals surface area contributed by atoms with Crippen LogP contribution in [-0.4, -0.2) is 26.8 Å². The Balaban J connectivity index is 2.07. The Morgan fingerprint density at radius 3 is 2.77 bits per heavy atom. The van der Waals surface area contributed by atoms with Gasteiger partial charge < -0.3 is 5.11 Å². The van der Waals surface area contributed by atoms with E-state index >= 15 is 0 Å². The first-order chi connectivity index (χ1) is 12.5. The Kier molecular flexibility index (Phi) is 3.55. The van der Waals surface area contributed by atoms with E-state index in [9.17, 15) is 20.0 Å². The zero-order valence-corrected chi connectivity index (χ0v) is 14.2. The molecule has 1 aromatic carbocycles. The summed E-state index contributed by atoms with van der Waals surface area (Å²) in [6.07, 6.45) is 3.50. The number of carbonyl (C=O) groups excluding carboxylic acids is 1. The predicted octanol–water partition coefficient (Wildman–Crippen LogP) is 2.93. The second-order valence-corrected chi connectivity index (χ2v) is 6.93. The lowest BCUT2D eigenvalue weighted by atomic mass is 9.54. The van der Waals surface area contributed by atoms with E-state index in [2.05, 4.69) is 5.10 Å². The van der Waals surface area contributed by atoms with Gasteiger partial charge in [0, 0.05) is 12.1 Å². The predicted molar refractivity (Wildman–Crippen MR) is 92.5 cm³/mol.